The summed E-state index contributed by atoms with van der Waals surface area (Å²) in [6.07, 6.45) is -4.54. The third kappa shape index (κ3) is 3.53. The molecule has 1 heterocycles. The van der Waals surface area contributed by atoms with E-state index in [0.29, 0.717) is 5.56 Å². The largest absolute Gasteiger partial charge is 0.416 e. The first-order chi connectivity index (χ1) is 10.6. The molecule has 1 aromatic heterocycles. The zero-order valence-corrected chi connectivity index (χ0v) is 13.1. The highest BCUT2D eigenvalue weighted by molar-refractivity contribution is 7.16. The van der Waals surface area contributed by atoms with Crippen LogP contribution < -0.4 is 11.1 Å². The van der Waals surface area contributed by atoms with Gasteiger partial charge >= 0.3 is 6.18 Å². The summed E-state index contributed by atoms with van der Waals surface area (Å²) in [4.78, 5) is 24.4. The van der Waals surface area contributed by atoms with Gasteiger partial charge in [-0.1, -0.05) is 6.07 Å². The second kappa shape index (κ2) is 6.04. The van der Waals surface area contributed by atoms with Crippen molar-refractivity contribution in [3.8, 4) is 0 Å². The van der Waals surface area contributed by atoms with Crippen molar-refractivity contribution in [1.29, 1.82) is 0 Å². The molecule has 0 bridgehead atoms. The Morgan fingerprint density at radius 3 is 2.43 bits per heavy atom. The van der Waals surface area contributed by atoms with E-state index >= 15 is 0 Å². The van der Waals surface area contributed by atoms with Gasteiger partial charge in [0, 0.05) is 10.4 Å². The fraction of sp³-hybridized carbons (Fsp3) is 0.200. The molecule has 0 aliphatic carbocycles. The minimum atomic E-state index is -4.54. The molecule has 2 aromatic rings. The van der Waals surface area contributed by atoms with Crippen LogP contribution in [0.1, 0.15) is 36.7 Å². The molecular formula is C15H13F3N2O2S. The molecular weight excluding hydrogens is 329 g/mol. The monoisotopic (exact) mass is 342 g/mol. The Bertz CT molecular complexity index is 782. The maximum atomic E-state index is 12.7. The van der Waals surface area contributed by atoms with Crippen LogP contribution in [-0.2, 0) is 6.18 Å². The molecule has 0 aliphatic rings. The quantitative estimate of drug-likeness (QED) is 0.892. The van der Waals surface area contributed by atoms with Gasteiger partial charge in [0.1, 0.15) is 5.00 Å². The summed E-state index contributed by atoms with van der Waals surface area (Å²) in [5.74, 6) is -1.44. The molecule has 0 radical (unpaired) electrons. The topological polar surface area (TPSA) is 72.2 Å². The Morgan fingerprint density at radius 2 is 1.87 bits per heavy atom. The van der Waals surface area contributed by atoms with E-state index < -0.39 is 23.6 Å². The summed E-state index contributed by atoms with van der Waals surface area (Å²) in [7, 11) is 0. The maximum absolute atomic E-state index is 12.7. The Morgan fingerprint density at radius 1 is 1.22 bits per heavy atom. The van der Waals surface area contributed by atoms with Crippen molar-refractivity contribution in [3.63, 3.8) is 0 Å². The zero-order chi connectivity index (χ0) is 17.4. The van der Waals surface area contributed by atoms with Crippen molar-refractivity contribution in [2.45, 2.75) is 20.0 Å². The normalized spacial score (nSPS) is 11.3. The highest BCUT2D eigenvalue weighted by Gasteiger charge is 2.31. The summed E-state index contributed by atoms with van der Waals surface area (Å²) in [5.41, 5.74) is 5.04. The van der Waals surface area contributed by atoms with E-state index in [0.717, 1.165) is 34.4 Å². The van der Waals surface area contributed by atoms with Gasteiger partial charge in [0.05, 0.1) is 11.1 Å². The first-order valence-corrected chi connectivity index (χ1v) is 7.31. The van der Waals surface area contributed by atoms with Crippen LogP contribution in [0.3, 0.4) is 0 Å². The fourth-order valence-corrected chi connectivity index (χ4v) is 3.08. The summed E-state index contributed by atoms with van der Waals surface area (Å²) < 4.78 is 38.1. The van der Waals surface area contributed by atoms with E-state index in [4.69, 9.17) is 5.73 Å². The first kappa shape index (κ1) is 17.0. The number of rotatable bonds is 3. The van der Waals surface area contributed by atoms with Gasteiger partial charge in [0.25, 0.3) is 11.8 Å². The van der Waals surface area contributed by atoms with Crippen LogP contribution >= 0.6 is 11.3 Å². The minimum Gasteiger partial charge on any atom is -0.365 e. The maximum Gasteiger partial charge on any atom is 0.416 e. The molecule has 4 nitrogen and oxygen atoms in total. The van der Waals surface area contributed by atoms with Gasteiger partial charge in [0.2, 0.25) is 0 Å². The summed E-state index contributed by atoms with van der Waals surface area (Å²) in [6.45, 7) is 3.44. The first-order valence-electron chi connectivity index (χ1n) is 6.49. The summed E-state index contributed by atoms with van der Waals surface area (Å²) >= 11 is 1.15. The molecule has 0 aliphatic heterocycles. The Kier molecular flexibility index (Phi) is 4.46. The van der Waals surface area contributed by atoms with Gasteiger partial charge < -0.3 is 11.1 Å². The molecule has 0 saturated carbocycles. The smallest absolute Gasteiger partial charge is 0.365 e. The number of carbonyl (C=O) groups is 2. The third-order valence-electron chi connectivity index (χ3n) is 3.31. The average molecular weight is 342 g/mol. The molecule has 0 saturated heterocycles. The lowest BCUT2D eigenvalue weighted by Gasteiger charge is -2.09. The van der Waals surface area contributed by atoms with Gasteiger partial charge in [-0.2, -0.15) is 13.2 Å². The van der Waals surface area contributed by atoms with Crippen molar-refractivity contribution in [3.05, 3.63) is 51.4 Å². The Hall–Kier alpha value is -2.35. The van der Waals surface area contributed by atoms with Crippen molar-refractivity contribution in [2.75, 3.05) is 5.32 Å². The lowest BCUT2D eigenvalue weighted by molar-refractivity contribution is -0.137. The standard InChI is InChI=1S/C15H13F3N2O2S/c1-7-8(2)23-14(11(7)12(19)21)20-13(22)9-4-3-5-10(6-9)15(16,17)18/h3-6H,1-2H3,(H2,19,21)(H,20,22). The molecule has 0 atom stereocenters. The second-order valence-corrected chi connectivity index (χ2v) is 6.11. The predicted molar refractivity (Wildman–Crippen MR) is 81.7 cm³/mol. The van der Waals surface area contributed by atoms with Crippen LogP contribution in [0.5, 0.6) is 0 Å². The van der Waals surface area contributed by atoms with Crippen LogP contribution in [0.2, 0.25) is 0 Å². The van der Waals surface area contributed by atoms with Gasteiger partial charge in [-0.3, -0.25) is 9.59 Å². The number of amides is 2. The lowest BCUT2D eigenvalue weighted by atomic mass is 10.1. The number of nitrogens with one attached hydrogen (secondary N) is 1. The number of primary amides is 1. The van der Waals surface area contributed by atoms with Crippen LogP contribution in [0.25, 0.3) is 0 Å². The van der Waals surface area contributed by atoms with Gasteiger partial charge in [0.15, 0.2) is 0 Å². The average Bonchev–Trinajstić information content (AvgIpc) is 2.73. The van der Waals surface area contributed by atoms with Crippen LogP contribution in [-0.4, -0.2) is 11.8 Å². The number of alkyl halides is 3. The van der Waals surface area contributed by atoms with Crippen molar-refractivity contribution < 1.29 is 22.8 Å². The SMILES string of the molecule is Cc1sc(NC(=O)c2cccc(C(F)(F)F)c2)c(C(N)=O)c1C. The molecule has 2 amide bonds. The van der Waals surface area contributed by atoms with Crippen molar-refractivity contribution in [1.82, 2.24) is 0 Å². The number of aryl methyl sites for hydroxylation is 1. The van der Waals surface area contributed by atoms with E-state index in [1.54, 1.807) is 13.8 Å². The number of thiophene rings is 1. The zero-order valence-electron chi connectivity index (χ0n) is 12.2. The molecule has 1 aromatic carbocycles. The predicted octanol–water partition coefficient (Wildman–Crippen LogP) is 3.73. The molecule has 3 N–H and O–H groups in total. The number of carbonyl (C=O) groups excluding carboxylic acids is 2. The number of benzene rings is 1. The molecule has 122 valence electrons. The molecule has 23 heavy (non-hydrogen) atoms. The van der Waals surface area contributed by atoms with Gasteiger partial charge in [-0.05, 0) is 37.6 Å². The van der Waals surface area contributed by atoms with E-state index in [-0.39, 0.29) is 16.1 Å². The van der Waals surface area contributed by atoms with Gasteiger partial charge in [-0.25, -0.2) is 0 Å². The number of hydrogen-bond acceptors (Lipinski definition) is 3. The molecule has 0 fully saturated rings. The highest BCUT2D eigenvalue weighted by Crippen LogP contribution is 2.33. The van der Waals surface area contributed by atoms with E-state index in [1.165, 1.54) is 6.07 Å². The number of nitrogens with two attached hydrogens (primary N) is 1. The summed E-state index contributed by atoms with van der Waals surface area (Å²) in [6, 6.07) is 4.05. The molecule has 2 rings (SSSR count). The molecule has 0 spiro atoms. The fourth-order valence-electron chi connectivity index (χ4n) is 2.02. The van der Waals surface area contributed by atoms with Crippen LogP contribution in [0.15, 0.2) is 24.3 Å². The second-order valence-electron chi connectivity index (χ2n) is 4.88. The Labute approximate surface area is 134 Å². The van der Waals surface area contributed by atoms with Crippen LogP contribution in [0, 0.1) is 13.8 Å². The number of halogens is 3. The Balaban J connectivity index is 2.34. The van der Waals surface area contributed by atoms with Gasteiger partial charge in [-0.15, -0.1) is 11.3 Å². The molecule has 8 heteroatoms. The van der Waals surface area contributed by atoms with Crippen molar-refractivity contribution in [2.24, 2.45) is 5.73 Å². The number of anilines is 1. The van der Waals surface area contributed by atoms with E-state index in [2.05, 4.69) is 5.32 Å². The van der Waals surface area contributed by atoms with Crippen LogP contribution in [0.4, 0.5) is 18.2 Å². The third-order valence-corrected chi connectivity index (χ3v) is 4.43. The van der Waals surface area contributed by atoms with Crippen molar-refractivity contribution >= 4 is 28.2 Å². The van der Waals surface area contributed by atoms with E-state index in [1.807, 2.05) is 0 Å². The summed E-state index contributed by atoms with van der Waals surface area (Å²) in [5, 5.41) is 2.69. The number of hydrogen-bond donors (Lipinski definition) is 2. The molecule has 0 unspecified atom stereocenters. The van der Waals surface area contributed by atoms with E-state index in [9.17, 15) is 22.8 Å². The minimum absolute atomic E-state index is 0.154. The highest BCUT2D eigenvalue weighted by atomic mass is 32.1. The lowest BCUT2D eigenvalue weighted by Crippen LogP contribution is -2.18.